The van der Waals surface area contributed by atoms with Crippen molar-refractivity contribution in [3.05, 3.63) is 0 Å². The zero-order valence-electron chi connectivity index (χ0n) is 7.93. The Labute approximate surface area is 70.0 Å². The van der Waals surface area contributed by atoms with Crippen molar-refractivity contribution in [2.75, 3.05) is 6.61 Å². The molecule has 0 aromatic carbocycles. The highest BCUT2D eigenvalue weighted by Crippen LogP contribution is 1.99. The van der Waals surface area contributed by atoms with Crippen LogP contribution in [-0.4, -0.2) is 23.8 Å². The highest BCUT2D eigenvalue weighted by molar-refractivity contribution is 4.70. The van der Waals surface area contributed by atoms with Gasteiger partial charge in [0, 0.05) is 12.1 Å². The van der Waals surface area contributed by atoms with Crippen LogP contribution in [0.4, 0.5) is 0 Å². The molecule has 11 heavy (non-hydrogen) atoms. The Bertz CT molecular complexity index is 67.6. The van der Waals surface area contributed by atoms with Crippen molar-refractivity contribution in [3.63, 3.8) is 0 Å². The van der Waals surface area contributed by atoms with Gasteiger partial charge < -0.3 is 10.4 Å². The molecule has 0 radical (unpaired) electrons. The lowest BCUT2D eigenvalue weighted by Gasteiger charge is -2.21. The lowest BCUT2D eigenvalue weighted by Crippen LogP contribution is -2.39. The van der Waals surface area contributed by atoms with Gasteiger partial charge in [-0.15, -0.1) is 0 Å². The lowest BCUT2D eigenvalue weighted by atomic mass is 10.1. The quantitative estimate of drug-likeness (QED) is 0.616. The van der Waals surface area contributed by atoms with Crippen LogP contribution in [0.1, 0.15) is 40.0 Å². The first kappa shape index (κ1) is 10.9. The van der Waals surface area contributed by atoms with E-state index in [0.717, 1.165) is 19.3 Å². The second kappa shape index (κ2) is 6.62. The normalized spacial score (nSPS) is 13.9. The molecule has 0 aliphatic rings. The first-order chi connectivity index (χ1) is 5.28. The Hall–Kier alpha value is -0.0800. The Kier molecular flexibility index (Phi) is 6.57. The van der Waals surface area contributed by atoms with Crippen LogP contribution in [-0.2, 0) is 0 Å². The van der Waals surface area contributed by atoms with Crippen LogP contribution in [0, 0.1) is 0 Å². The third-order valence-electron chi connectivity index (χ3n) is 2.17. The van der Waals surface area contributed by atoms with Gasteiger partial charge in [-0.1, -0.05) is 20.8 Å². The minimum Gasteiger partial charge on any atom is -0.395 e. The highest BCUT2D eigenvalue weighted by Gasteiger charge is 2.08. The molecule has 2 heteroatoms. The van der Waals surface area contributed by atoms with Crippen LogP contribution in [0.2, 0.25) is 0 Å². The van der Waals surface area contributed by atoms with Crippen molar-refractivity contribution in [1.82, 2.24) is 5.32 Å². The Morgan fingerprint density at radius 3 is 1.73 bits per heavy atom. The monoisotopic (exact) mass is 159 g/mol. The molecule has 0 heterocycles. The number of hydrogen-bond acceptors (Lipinski definition) is 2. The van der Waals surface area contributed by atoms with Crippen LogP contribution < -0.4 is 5.32 Å². The largest absolute Gasteiger partial charge is 0.395 e. The van der Waals surface area contributed by atoms with E-state index in [-0.39, 0.29) is 6.61 Å². The third-order valence-corrected chi connectivity index (χ3v) is 2.17. The molecule has 0 unspecified atom stereocenters. The number of aliphatic hydroxyl groups excluding tert-OH is 1. The van der Waals surface area contributed by atoms with E-state index in [1.165, 1.54) is 0 Å². The number of aliphatic hydroxyl groups is 1. The maximum Gasteiger partial charge on any atom is 0.0584 e. The molecule has 0 aliphatic carbocycles. The highest BCUT2D eigenvalue weighted by atomic mass is 16.3. The summed E-state index contributed by atoms with van der Waals surface area (Å²) in [5.74, 6) is 0. The zero-order chi connectivity index (χ0) is 8.69. The van der Waals surface area contributed by atoms with E-state index in [1.807, 2.05) is 0 Å². The van der Waals surface area contributed by atoms with Crippen molar-refractivity contribution in [1.29, 1.82) is 0 Å². The van der Waals surface area contributed by atoms with Gasteiger partial charge in [0.1, 0.15) is 0 Å². The maximum absolute atomic E-state index is 8.90. The molecule has 0 saturated heterocycles. The molecular weight excluding hydrogens is 138 g/mol. The van der Waals surface area contributed by atoms with Gasteiger partial charge in [-0.05, 0) is 19.3 Å². The third kappa shape index (κ3) is 4.38. The SMILES string of the molecule is CCC(CC)N[C@@H](CC)CO. The first-order valence-electron chi connectivity index (χ1n) is 4.65. The van der Waals surface area contributed by atoms with Crippen LogP contribution in [0.25, 0.3) is 0 Å². The summed E-state index contributed by atoms with van der Waals surface area (Å²) >= 11 is 0. The van der Waals surface area contributed by atoms with Gasteiger partial charge in [-0.3, -0.25) is 0 Å². The smallest absolute Gasteiger partial charge is 0.0584 e. The molecule has 0 amide bonds. The molecule has 0 aromatic rings. The first-order valence-corrected chi connectivity index (χ1v) is 4.65. The lowest BCUT2D eigenvalue weighted by molar-refractivity contribution is 0.225. The standard InChI is InChI=1S/C9H21NO/c1-4-8(5-2)10-9(6-3)7-11/h8-11H,4-7H2,1-3H3/t9-/m0/s1. The van der Waals surface area contributed by atoms with Crippen molar-refractivity contribution < 1.29 is 5.11 Å². The van der Waals surface area contributed by atoms with Gasteiger partial charge >= 0.3 is 0 Å². The minimum atomic E-state index is 0.257. The molecule has 0 aromatic heterocycles. The summed E-state index contributed by atoms with van der Waals surface area (Å²) in [6, 6.07) is 0.868. The average Bonchev–Trinajstić information content (AvgIpc) is 2.07. The molecule has 2 nitrogen and oxygen atoms in total. The number of rotatable bonds is 6. The van der Waals surface area contributed by atoms with Gasteiger partial charge in [0.25, 0.3) is 0 Å². The molecular formula is C9H21NO. The fourth-order valence-electron chi connectivity index (χ4n) is 1.16. The van der Waals surface area contributed by atoms with Crippen LogP contribution in [0.15, 0.2) is 0 Å². The van der Waals surface area contributed by atoms with E-state index in [9.17, 15) is 0 Å². The minimum absolute atomic E-state index is 0.257. The molecule has 0 bridgehead atoms. The molecule has 0 spiro atoms. The van der Waals surface area contributed by atoms with Crippen molar-refractivity contribution in [2.45, 2.75) is 52.1 Å². The summed E-state index contributed by atoms with van der Waals surface area (Å²) in [5.41, 5.74) is 0. The van der Waals surface area contributed by atoms with Crippen LogP contribution in [0.5, 0.6) is 0 Å². The molecule has 0 fully saturated rings. The van der Waals surface area contributed by atoms with Crippen LogP contribution >= 0.6 is 0 Å². The molecule has 0 aliphatic heterocycles. The van der Waals surface area contributed by atoms with Crippen molar-refractivity contribution in [2.24, 2.45) is 0 Å². The van der Waals surface area contributed by atoms with Crippen LogP contribution in [0.3, 0.4) is 0 Å². The van der Waals surface area contributed by atoms with Gasteiger partial charge in [0.15, 0.2) is 0 Å². The van der Waals surface area contributed by atoms with E-state index in [4.69, 9.17) is 5.11 Å². The predicted molar refractivity (Wildman–Crippen MR) is 48.7 cm³/mol. The van der Waals surface area contributed by atoms with Gasteiger partial charge in [0.2, 0.25) is 0 Å². The summed E-state index contributed by atoms with van der Waals surface area (Å²) < 4.78 is 0. The Balaban J connectivity index is 3.58. The fourth-order valence-corrected chi connectivity index (χ4v) is 1.16. The Morgan fingerprint density at radius 1 is 1.00 bits per heavy atom. The zero-order valence-corrected chi connectivity index (χ0v) is 7.93. The average molecular weight is 159 g/mol. The second-order valence-electron chi connectivity index (χ2n) is 2.97. The van der Waals surface area contributed by atoms with Crippen molar-refractivity contribution >= 4 is 0 Å². The van der Waals surface area contributed by atoms with E-state index in [0.29, 0.717) is 12.1 Å². The van der Waals surface area contributed by atoms with E-state index in [1.54, 1.807) is 0 Å². The summed E-state index contributed by atoms with van der Waals surface area (Å²) in [6.07, 6.45) is 3.30. The Morgan fingerprint density at radius 2 is 1.45 bits per heavy atom. The van der Waals surface area contributed by atoms with E-state index >= 15 is 0 Å². The topological polar surface area (TPSA) is 32.3 Å². The summed E-state index contributed by atoms with van der Waals surface area (Å²) in [7, 11) is 0. The maximum atomic E-state index is 8.90. The summed E-state index contributed by atoms with van der Waals surface area (Å²) in [4.78, 5) is 0. The predicted octanol–water partition coefficient (Wildman–Crippen LogP) is 1.54. The van der Waals surface area contributed by atoms with Gasteiger partial charge in [-0.2, -0.15) is 0 Å². The van der Waals surface area contributed by atoms with Gasteiger partial charge in [-0.25, -0.2) is 0 Å². The fraction of sp³-hybridized carbons (Fsp3) is 1.00. The molecule has 0 saturated carbocycles. The second-order valence-corrected chi connectivity index (χ2v) is 2.97. The van der Waals surface area contributed by atoms with E-state index in [2.05, 4.69) is 26.1 Å². The molecule has 0 rings (SSSR count). The van der Waals surface area contributed by atoms with Gasteiger partial charge in [0.05, 0.1) is 6.61 Å². The molecule has 2 N–H and O–H groups in total. The molecule has 1 atom stereocenters. The van der Waals surface area contributed by atoms with Crippen molar-refractivity contribution in [3.8, 4) is 0 Å². The summed E-state index contributed by atoms with van der Waals surface area (Å²) in [5, 5.41) is 12.3. The summed E-state index contributed by atoms with van der Waals surface area (Å²) in [6.45, 7) is 6.69. The number of nitrogens with one attached hydrogen (secondary N) is 1. The number of hydrogen-bond donors (Lipinski definition) is 2. The van der Waals surface area contributed by atoms with E-state index < -0.39 is 0 Å². The molecule has 68 valence electrons.